The largest absolute Gasteiger partial charge is 0.376 e. The number of benzene rings is 2. The molecule has 2 heterocycles. The van der Waals surface area contributed by atoms with E-state index in [0.29, 0.717) is 35.9 Å². The number of amides is 4. The molecule has 0 aromatic heterocycles. The average Bonchev–Trinajstić information content (AvgIpc) is 3.41. The van der Waals surface area contributed by atoms with E-state index < -0.39 is 11.8 Å². The standard InChI is InChI=1S/C26H29N3O5/c1-15(2)13-27-23(30)17-7-9-22(16(3)11-17)28-24(31)18-6-8-20-21(12-18)26(33)29(25(20)32)14-19-5-4-10-34-19/h6-9,11-12,15,19H,4-5,10,13-14H2,1-3H3,(H,27,30)(H,28,31). The number of imide groups is 1. The zero-order valence-corrected chi connectivity index (χ0v) is 19.6. The third-order valence-corrected chi connectivity index (χ3v) is 6.05. The number of carbonyl (C=O) groups excluding carboxylic acids is 4. The predicted molar refractivity (Wildman–Crippen MR) is 127 cm³/mol. The van der Waals surface area contributed by atoms with E-state index in [1.807, 2.05) is 20.8 Å². The Labute approximate surface area is 198 Å². The van der Waals surface area contributed by atoms with Crippen LogP contribution in [0.1, 0.15) is 73.7 Å². The number of carbonyl (C=O) groups is 4. The molecule has 2 aromatic rings. The molecule has 8 nitrogen and oxygen atoms in total. The molecule has 0 spiro atoms. The Hall–Kier alpha value is -3.52. The second kappa shape index (κ2) is 9.77. The Bertz CT molecular complexity index is 1150. The molecule has 34 heavy (non-hydrogen) atoms. The molecule has 2 aliphatic heterocycles. The zero-order valence-electron chi connectivity index (χ0n) is 19.6. The lowest BCUT2D eigenvalue weighted by atomic mass is 10.0. The van der Waals surface area contributed by atoms with Gasteiger partial charge in [-0.05, 0) is 67.6 Å². The van der Waals surface area contributed by atoms with Gasteiger partial charge >= 0.3 is 0 Å². The van der Waals surface area contributed by atoms with E-state index in [2.05, 4.69) is 10.6 Å². The molecule has 0 aliphatic carbocycles. The molecule has 4 amide bonds. The summed E-state index contributed by atoms with van der Waals surface area (Å²) in [5.41, 5.74) is 2.62. The van der Waals surface area contributed by atoms with Crippen LogP contribution >= 0.6 is 0 Å². The summed E-state index contributed by atoms with van der Waals surface area (Å²) in [4.78, 5) is 51.9. The fourth-order valence-corrected chi connectivity index (χ4v) is 4.13. The number of hydrogen-bond donors (Lipinski definition) is 2. The van der Waals surface area contributed by atoms with E-state index in [0.717, 1.165) is 18.4 Å². The molecule has 2 N–H and O–H groups in total. The van der Waals surface area contributed by atoms with Crippen molar-refractivity contribution in [3.63, 3.8) is 0 Å². The SMILES string of the molecule is Cc1cc(C(=O)NCC(C)C)ccc1NC(=O)c1ccc2c(c1)C(=O)N(CC1CCCO1)C2=O. The highest BCUT2D eigenvalue weighted by Gasteiger charge is 2.38. The normalized spacial score (nSPS) is 17.3. The van der Waals surface area contributed by atoms with Gasteiger partial charge < -0.3 is 15.4 Å². The van der Waals surface area contributed by atoms with Crippen LogP contribution in [-0.2, 0) is 4.74 Å². The predicted octanol–water partition coefficient (Wildman–Crippen LogP) is 3.41. The summed E-state index contributed by atoms with van der Waals surface area (Å²) < 4.78 is 5.56. The van der Waals surface area contributed by atoms with E-state index in [4.69, 9.17) is 4.74 Å². The quantitative estimate of drug-likeness (QED) is 0.613. The molecule has 1 unspecified atom stereocenters. The number of rotatable bonds is 7. The lowest BCUT2D eigenvalue weighted by Crippen LogP contribution is -2.36. The van der Waals surface area contributed by atoms with Crippen molar-refractivity contribution in [2.45, 2.75) is 39.7 Å². The van der Waals surface area contributed by atoms with Gasteiger partial charge in [0.25, 0.3) is 23.6 Å². The second-order valence-electron chi connectivity index (χ2n) is 9.20. The minimum Gasteiger partial charge on any atom is -0.376 e. The average molecular weight is 464 g/mol. The van der Waals surface area contributed by atoms with Crippen molar-refractivity contribution in [2.24, 2.45) is 5.92 Å². The second-order valence-corrected chi connectivity index (χ2v) is 9.20. The number of nitrogens with zero attached hydrogens (tertiary/aromatic N) is 1. The summed E-state index contributed by atoms with van der Waals surface area (Å²) in [6.45, 7) is 7.30. The van der Waals surface area contributed by atoms with Crippen molar-refractivity contribution >= 4 is 29.3 Å². The highest BCUT2D eigenvalue weighted by Crippen LogP contribution is 2.27. The summed E-state index contributed by atoms with van der Waals surface area (Å²) in [6, 6.07) is 9.59. The van der Waals surface area contributed by atoms with Gasteiger partial charge in [-0.25, -0.2) is 0 Å². The van der Waals surface area contributed by atoms with Crippen LogP contribution in [0.3, 0.4) is 0 Å². The van der Waals surface area contributed by atoms with Gasteiger partial charge in [0.05, 0.1) is 23.8 Å². The van der Waals surface area contributed by atoms with Crippen molar-refractivity contribution in [3.8, 4) is 0 Å². The molecule has 0 radical (unpaired) electrons. The van der Waals surface area contributed by atoms with Crippen LogP contribution in [0, 0.1) is 12.8 Å². The molecule has 0 bridgehead atoms. The first-order valence-corrected chi connectivity index (χ1v) is 11.6. The lowest BCUT2D eigenvalue weighted by Gasteiger charge is -2.17. The molecular weight excluding hydrogens is 434 g/mol. The number of nitrogens with one attached hydrogen (secondary N) is 2. The number of fused-ring (bicyclic) bond motifs is 1. The summed E-state index contributed by atoms with van der Waals surface area (Å²) in [5, 5.41) is 5.70. The van der Waals surface area contributed by atoms with E-state index in [1.54, 1.807) is 18.2 Å². The highest BCUT2D eigenvalue weighted by atomic mass is 16.5. The third kappa shape index (κ3) is 4.87. The van der Waals surface area contributed by atoms with Crippen LogP contribution in [-0.4, -0.2) is 54.3 Å². The first kappa shape index (κ1) is 23.6. The molecule has 1 saturated heterocycles. The Morgan fingerprint density at radius 3 is 2.41 bits per heavy atom. The summed E-state index contributed by atoms with van der Waals surface area (Å²) >= 11 is 0. The van der Waals surface area contributed by atoms with Crippen molar-refractivity contribution in [2.75, 3.05) is 25.0 Å². The van der Waals surface area contributed by atoms with Crippen molar-refractivity contribution in [1.29, 1.82) is 0 Å². The summed E-state index contributed by atoms with van der Waals surface area (Å²) in [7, 11) is 0. The maximum absolute atomic E-state index is 12.9. The van der Waals surface area contributed by atoms with Crippen LogP contribution in [0.15, 0.2) is 36.4 Å². The molecule has 4 rings (SSSR count). The van der Waals surface area contributed by atoms with Gasteiger partial charge in [-0.15, -0.1) is 0 Å². The fraction of sp³-hybridized carbons (Fsp3) is 0.385. The number of anilines is 1. The fourth-order valence-electron chi connectivity index (χ4n) is 4.13. The number of ether oxygens (including phenoxy) is 1. The monoisotopic (exact) mass is 463 g/mol. The van der Waals surface area contributed by atoms with Gasteiger partial charge in [-0.3, -0.25) is 24.1 Å². The molecule has 0 saturated carbocycles. The molecular formula is C26H29N3O5. The smallest absolute Gasteiger partial charge is 0.261 e. The van der Waals surface area contributed by atoms with Crippen molar-refractivity contribution < 1.29 is 23.9 Å². The molecule has 8 heteroatoms. The summed E-state index contributed by atoms with van der Waals surface area (Å²) in [6.07, 6.45) is 1.60. The Balaban J connectivity index is 1.46. The molecule has 178 valence electrons. The number of hydrogen-bond acceptors (Lipinski definition) is 5. The minimum absolute atomic E-state index is 0.136. The molecule has 2 aromatic carbocycles. The van der Waals surface area contributed by atoms with Crippen molar-refractivity contribution in [3.05, 3.63) is 64.2 Å². The van der Waals surface area contributed by atoms with Gasteiger partial charge in [-0.2, -0.15) is 0 Å². The number of aryl methyl sites for hydroxylation is 1. The van der Waals surface area contributed by atoms with Gasteiger partial charge in [0, 0.05) is 30.0 Å². The van der Waals surface area contributed by atoms with Crippen LogP contribution in [0.2, 0.25) is 0 Å². The zero-order chi connectivity index (χ0) is 24.4. The van der Waals surface area contributed by atoms with E-state index in [1.165, 1.54) is 23.1 Å². The molecule has 2 aliphatic rings. The third-order valence-electron chi connectivity index (χ3n) is 6.05. The van der Waals surface area contributed by atoms with Crippen LogP contribution in [0.25, 0.3) is 0 Å². The van der Waals surface area contributed by atoms with E-state index in [-0.39, 0.29) is 35.6 Å². The van der Waals surface area contributed by atoms with Crippen LogP contribution in [0.5, 0.6) is 0 Å². The Kier molecular flexibility index (Phi) is 6.79. The van der Waals surface area contributed by atoms with Gasteiger partial charge in [0.15, 0.2) is 0 Å². The minimum atomic E-state index is -0.405. The topological polar surface area (TPSA) is 105 Å². The summed E-state index contributed by atoms with van der Waals surface area (Å²) in [5.74, 6) is -0.978. The van der Waals surface area contributed by atoms with Crippen LogP contribution < -0.4 is 10.6 Å². The maximum atomic E-state index is 12.9. The van der Waals surface area contributed by atoms with Crippen molar-refractivity contribution in [1.82, 2.24) is 10.2 Å². The van der Waals surface area contributed by atoms with E-state index in [9.17, 15) is 19.2 Å². The Morgan fingerprint density at radius 1 is 1.03 bits per heavy atom. The van der Waals surface area contributed by atoms with Gasteiger partial charge in [0.2, 0.25) is 0 Å². The molecule has 1 atom stereocenters. The van der Waals surface area contributed by atoms with Crippen LogP contribution in [0.4, 0.5) is 5.69 Å². The maximum Gasteiger partial charge on any atom is 0.261 e. The first-order chi connectivity index (χ1) is 16.2. The van der Waals surface area contributed by atoms with Gasteiger partial charge in [-0.1, -0.05) is 13.8 Å². The Morgan fingerprint density at radius 2 is 1.74 bits per heavy atom. The lowest BCUT2D eigenvalue weighted by molar-refractivity contribution is 0.0475. The van der Waals surface area contributed by atoms with Gasteiger partial charge in [0.1, 0.15) is 0 Å². The molecule has 1 fully saturated rings. The first-order valence-electron chi connectivity index (χ1n) is 11.6. The highest BCUT2D eigenvalue weighted by molar-refractivity contribution is 6.22. The van der Waals surface area contributed by atoms with E-state index >= 15 is 0 Å².